The third-order valence-corrected chi connectivity index (χ3v) is 3.99. The molecule has 1 aliphatic heterocycles. The Morgan fingerprint density at radius 2 is 1.96 bits per heavy atom. The molecule has 1 fully saturated rings. The van der Waals surface area contributed by atoms with Gasteiger partial charge in [-0.1, -0.05) is 18.2 Å². The molecule has 0 unspecified atom stereocenters. The van der Waals surface area contributed by atoms with Crippen molar-refractivity contribution in [2.45, 2.75) is 6.61 Å². The molecule has 0 aliphatic carbocycles. The Labute approximate surface area is 159 Å². The number of nitro benzene ring substituents is 1. The zero-order valence-corrected chi connectivity index (χ0v) is 15.0. The van der Waals surface area contributed by atoms with Gasteiger partial charge in [-0.15, -0.1) is 0 Å². The van der Waals surface area contributed by atoms with Gasteiger partial charge in [-0.25, -0.2) is 0 Å². The van der Waals surface area contributed by atoms with Crippen LogP contribution in [-0.2, 0) is 11.4 Å². The van der Waals surface area contributed by atoms with Crippen molar-refractivity contribution in [3.63, 3.8) is 0 Å². The van der Waals surface area contributed by atoms with Crippen molar-refractivity contribution >= 4 is 35.0 Å². The molecule has 1 heterocycles. The molecule has 1 saturated heterocycles. The summed E-state index contributed by atoms with van der Waals surface area (Å²) in [6.45, 7) is 0.0200. The van der Waals surface area contributed by atoms with E-state index in [9.17, 15) is 14.9 Å². The number of carbonyl (C=O) groups is 1. The number of hydrogen-bond donors (Lipinski definition) is 2. The highest BCUT2D eigenvalue weighted by atomic mass is 32.1. The summed E-state index contributed by atoms with van der Waals surface area (Å²) in [4.78, 5) is 22.4. The summed E-state index contributed by atoms with van der Waals surface area (Å²) in [5.41, 5.74) is 1.48. The number of para-hydroxylation sites is 1. The molecule has 3 rings (SSSR count). The largest absolute Gasteiger partial charge is 0.493 e. The van der Waals surface area contributed by atoms with E-state index < -0.39 is 4.92 Å². The third kappa shape index (κ3) is 4.21. The number of nitro groups is 1. The molecule has 0 atom stereocenters. The number of methoxy groups -OCH3 is 1. The van der Waals surface area contributed by atoms with Crippen molar-refractivity contribution in [3.8, 4) is 11.5 Å². The Morgan fingerprint density at radius 3 is 2.63 bits per heavy atom. The Balaban J connectivity index is 1.79. The average Bonchev–Trinajstić information content (AvgIpc) is 2.97. The lowest BCUT2D eigenvalue weighted by atomic mass is 10.1. The maximum Gasteiger partial charge on any atom is 0.276 e. The first-order chi connectivity index (χ1) is 13.0. The van der Waals surface area contributed by atoms with E-state index in [1.807, 2.05) is 0 Å². The fourth-order valence-corrected chi connectivity index (χ4v) is 2.71. The molecule has 1 aliphatic rings. The van der Waals surface area contributed by atoms with Crippen molar-refractivity contribution in [2.24, 2.45) is 0 Å². The van der Waals surface area contributed by atoms with Gasteiger partial charge in [0.05, 0.1) is 17.6 Å². The van der Waals surface area contributed by atoms with E-state index in [-0.39, 0.29) is 23.3 Å². The van der Waals surface area contributed by atoms with E-state index in [4.69, 9.17) is 21.7 Å². The highest BCUT2D eigenvalue weighted by Gasteiger charge is 2.20. The molecule has 27 heavy (non-hydrogen) atoms. The predicted octanol–water partition coefficient (Wildman–Crippen LogP) is 2.53. The van der Waals surface area contributed by atoms with E-state index >= 15 is 0 Å². The van der Waals surface area contributed by atoms with Gasteiger partial charge in [-0.05, 0) is 42.1 Å². The molecular weight excluding hydrogens is 370 g/mol. The summed E-state index contributed by atoms with van der Waals surface area (Å²) >= 11 is 4.89. The number of nitrogens with one attached hydrogen (secondary N) is 2. The van der Waals surface area contributed by atoms with Gasteiger partial charge in [-0.2, -0.15) is 0 Å². The number of carbonyl (C=O) groups excluding carboxylic acids is 1. The normalized spacial score (nSPS) is 14.6. The quantitative estimate of drug-likeness (QED) is 0.341. The molecule has 0 saturated carbocycles. The topological polar surface area (TPSA) is 103 Å². The summed E-state index contributed by atoms with van der Waals surface area (Å²) in [7, 11) is 1.49. The highest BCUT2D eigenvalue weighted by Crippen LogP contribution is 2.30. The first kappa shape index (κ1) is 18.3. The lowest BCUT2D eigenvalue weighted by molar-refractivity contribution is -0.385. The fourth-order valence-electron chi connectivity index (χ4n) is 2.51. The van der Waals surface area contributed by atoms with Crippen LogP contribution in [0.15, 0.2) is 48.2 Å². The molecule has 0 bridgehead atoms. The predicted molar refractivity (Wildman–Crippen MR) is 102 cm³/mol. The summed E-state index contributed by atoms with van der Waals surface area (Å²) in [5.74, 6) is 0.553. The van der Waals surface area contributed by atoms with E-state index in [2.05, 4.69) is 10.6 Å². The van der Waals surface area contributed by atoms with Crippen molar-refractivity contribution in [2.75, 3.05) is 7.11 Å². The maximum atomic E-state index is 11.7. The molecule has 2 aromatic carbocycles. The molecule has 138 valence electrons. The lowest BCUT2D eigenvalue weighted by Gasteiger charge is -2.11. The highest BCUT2D eigenvalue weighted by molar-refractivity contribution is 7.80. The Kier molecular flexibility index (Phi) is 5.32. The summed E-state index contributed by atoms with van der Waals surface area (Å²) in [6.07, 6.45) is 1.63. The maximum absolute atomic E-state index is 11.7. The van der Waals surface area contributed by atoms with Crippen molar-refractivity contribution in [3.05, 3.63) is 69.4 Å². The molecule has 2 N–H and O–H groups in total. The summed E-state index contributed by atoms with van der Waals surface area (Å²) < 4.78 is 11.0. The Bertz CT molecular complexity index is 958. The minimum absolute atomic E-state index is 0.00731. The van der Waals surface area contributed by atoms with Gasteiger partial charge in [0.1, 0.15) is 12.3 Å². The monoisotopic (exact) mass is 385 g/mol. The molecular formula is C18H15N3O5S. The number of ether oxygens (including phenoxy) is 2. The van der Waals surface area contributed by atoms with Gasteiger partial charge >= 0.3 is 0 Å². The average molecular weight is 385 g/mol. The van der Waals surface area contributed by atoms with Crippen molar-refractivity contribution < 1.29 is 19.2 Å². The molecule has 2 aromatic rings. The number of amides is 1. The van der Waals surface area contributed by atoms with Gasteiger partial charge in [0, 0.05) is 6.07 Å². The van der Waals surface area contributed by atoms with Gasteiger partial charge in [0.15, 0.2) is 16.6 Å². The lowest BCUT2D eigenvalue weighted by Crippen LogP contribution is -2.21. The third-order valence-electron chi connectivity index (χ3n) is 3.79. The van der Waals surface area contributed by atoms with Crippen molar-refractivity contribution in [1.82, 2.24) is 10.6 Å². The first-order valence-corrected chi connectivity index (χ1v) is 8.26. The fraction of sp³-hybridized carbons (Fsp3) is 0.111. The second-order valence-electron chi connectivity index (χ2n) is 5.55. The van der Waals surface area contributed by atoms with Crippen LogP contribution in [0.2, 0.25) is 0 Å². The second kappa shape index (κ2) is 7.83. The van der Waals surface area contributed by atoms with Crippen LogP contribution in [-0.4, -0.2) is 23.1 Å². The van der Waals surface area contributed by atoms with Crippen LogP contribution in [0.25, 0.3) is 6.08 Å². The molecule has 0 spiro atoms. The molecule has 8 nitrogen and oxygen atoms in total. The van der Waals surface area contributed by atoms with Gasteiger partial charge in [0.2, 0.25) is 0 Å². The molecule has 0 aromatic heterocycles. The standard InChI is InChI=1S/C18H15N3O5S/c1-25-16-9-11(8-13-17(22)20-18(27)19-13)6-7-15(16)26-10-12-4-2-3-5-14(12)21(23)24/h2-9H,10H2,1H3,(H2,19,20,22,27). The number of benzene rings is 2. The number of thiocarbonyl (C=S) groups is 1. The number of rotatable bonds is 6. The van der Waals surface area contributed by atoms with E-state index in [0.717, 1.165) is 0 Å². The Hall–Kier alpha value is -3.46. The van der Waals surface area contributed by atoms with Crippen LogP contribution in [0.1, 0.15) is 11.1 Å². The number of nitrogens with zero attached hydrogens (tertiary/aromatic N) is 1. The van der Waals surface area contributed by atoms with Crippen LogP contribution < -0.4 is 20.1 Å². The van der Waals surface area contributed by atoms with E-state index in [1.54, 1.807) is 42.5 Å². The van der Waals surface area contributed by atoms with Crippen LogP contribution in [0, 0.1) is 10.1 Å². The zero-order chi connectivity index (χ0) is 19.4. The minimum atomic E-state index is -0.449. The SMILES string of the molecule is COc1cc(C=C2NC(=S)NC2=O)ccc1OCc1ccccc1[N+](=O)[O-]. The zero-order valence-electron chi connectivity index (χ0n) is 14.2. The summed E-state index contributed by atoms with van der Waals surface area (Å²) in [6, 6.07) is 11.5. The minimum Gasteiger partial charge on any atom is -0.493 e. The Morgan fingerprint density at radius 1 is 1.19 bits per heavy atom. The van der Waals surface area contributed by atoms with Crippen LogP contribution in [0.4, 0.5) is 5.69 Å². The number of hydrogen-bond acceptors (Lipinski definition) is 6. The molecule has 9 heteroatoms. The second-order valence-corrected chi connectivity index (χ2v) is 5.96. The van der Waals surface area contributed by atoms with Crippen LogP contribution >= 0.6 is 12.2 Å². The van der Waals surface area contributed by atoms with E-state index in [0.29, 0.717) is 28.3 Å². The van der Waals surface area contributed by atoms with Gasteiger partial charge < -0.3 is 14.8 Å². The first-order valence-electron chi connectivity index (χ1n) is 7.85. The molecule has 1 amide bonds. The van der Waals surface area contributed by atoms with Crippen LogP contribution in [0.5, 0.6) is 11.5 Å². The molecule has 0 radical (unpaired) electrons. The van der Waals surface area contributed by atoms with Crippen LogP contribution in [0.3, 0.4) is 0 Å². The van der Waals surface area contributed by atoms with Crippen molar-refractivity contribution in [1.29, 1.82) is 0 Å². The van der Waals surface area contributed by atoms with Gasteiger partial charge in [-0.3, -0.25) is 20.2 Å². The summed E-state index contributed by atoms with van der Waals surface area (Å²) in [5, 5.41) is 16.6. The van der Waals surface area contributed by atoms with E-state index in [1.165, 1.54) is 13.2 Å². The van der Waals surface area contributed by atoms with Gasteiger partial charge in [0.25, 0.3) is 11.6 Å². The smallest absolute Gasteiger partial charge is 0.276 e.